The number of aromatic nitrogens is 2. The minimum absolute atomic E-state index is 0.0958. The molecule has 0 unspecified atom stereocenters. The number of rotatable bonds is 9. The number of primary amides is 1. The van der Waals surface area contributed by atoms with Crippen molar-refractivity contribution in [2.75, 3.05) is 13.2 Å². The molecule has 1 atom stereocenters. The highest BCUT2D eigenvalue weighted by Crippen LogP contribution is 2.21. The molecule has 0 spiro atoms. The van der Waals surface area contributed by atoms with E-state index in [0.717, 1.165) is 5.56 Å². The zero-order chi connectivity index (χ0) is 19.3. The Morgan fingerprint density at radius 1 is 1.30 bits per heavy atom. The summed E-state index contributed by atoms with van der Waals surface area (Å²) >= 11 is 1.54. The number of hydrogen-bond acceptors (Lipinski definition) is 6. The SMILES string of the molecule is NC(=O)COc1ccc(S(=O)(=O)NC[C@@H](c2ccsc2)n2cccn2)cc1. The molecule has 0 saturated heterocycles. The molecule has 27 heavy (non-hydrogen) atoms. The van der Waals surface area contributed by atoms with Gasteiger partial charge in [0.2, 0.25) is 10.0 Å². The molecule has 3 N–H and O–H groups in total. The van der Waals surface area contributed by atoms with Gasteiger partial charge in [-0.25, -0.2) is 13.1 Å². The van der Waals surface area contributed by atoms with Crippen LogP contribution in [0.2, 0.25) is 0 Å². The van der Waals surface area contributed by atoms with Crippen LogP contribution in [0.5, 0.6) is 5.75 Å². The molecule has 142 valence electrons. The molecule has 1 amide bonds. The second-order valence-corrected chi connectivity index (χ2v) is 8.18. The standard InChI is InChI=1S/C17H18N4O4S2/c18-17(22)11-25-14-2-4-15(5-3-14)27(23,24)20-10-16(13-6-9-26-12-13)21-8-1-7-19-21/h1-9,12,16,20H,10-11H2,(H2,18,22)/t16-/m0/s1. The van der Waals surface area contributed by atoms with Crippen molar-refractivity contribution < 1.29 is 17.9 Å². The van der Waals surface area contributed by atoms with Gasteiger partial charge >= 0.3 is 0 Å². The molecule has 3 rings (SSSR count). The van der Waals surface area contributed by atoms with E-state index in [0.29, 0.717) is 5.75 Å². The Kier molecular flexibility index (Phi) is 5.89. The van der Waals surface area contributed by atoms with Gasteiger partial charge in [-0.2, -0.15) is 16.4 Å². The third kappa shape index (κ3) is 4.94. The summed E-state index contributed by atoms with van der Waals surface area (Å²) in [5.41, 5.74) is 5.99. The van der Waals surface area contributed by atoms with Crippen LogP contribution in [0, 0.1) is 0 Å². The first-order valence-corrected chi connectivity index (χ1v) is 10.4. The first kappa shape index (κ1) is 19.1. The summed E-state index contributed by atoms with van der Waals surface area (Å²) in [6, 6.07) is 9.25. The van der Waals surface area contributed by atoms with Crippen LogP contribution in [0.4, 0.5) is 0 Å². The van der Waals surface area contributed by atoms with Gasteiger partial charge in [-0.3, -0.25) is 9.48 Å². The van der Waals surface area contributed by atoms with Crippen molar-refractivity contribution in [2.45, 2.75) is 10.9 Å². The third-order valence-electron chi connectivity index (χ3n) is 3.75. The van der Waals surface area contributed by atoms with E-state index in [-0.39, 0.29) is 24.1 Å². The normalized spacial score (nSPS) is 12.6. The Hall–Kier alpha value is -2.69. The van der Waals surface area contributed by atoms with E-state index in [9.17, 15) is 13.2 Å². The number of amides is 1. The van der Waals surface area contributed by atoms with Crippen LogP contribution in [-0.2, 0) is 14.8 Å². The number of nitrogens with one attached hydrogen (secondary N) is 1. The highest BCUT2D eigenvalue weighted by molar-refractivity contribution is 7.89. The largest absolute Gasteiger partial charge is 0.484 e. The quantitative estimate of drug-likeness (QED) is 0.557. The second-order valence-electron chi connectivity index (χ2n) is 5.64. The average Bonchev–Trinajstić information content (AvgIpc) is 3.35. The van der Waals surface area contributed by atoms with E-state index in [4.69, 9.17) is 10.5 Å². The smallest absolute Gasteiger partial charge is 0.255 e. The highest BCUT2D eigenvalue weighted by Gasteiger charge is 2.20. The topological polar surface area (TPSA) is 116 Å². The number of carbonyl (C=O) groups excluding carboxylic acids is 1. The first-order valence-electron chi connectivity index (χ1n) is 7.98. The van der Waals surface area contributed by atoms with E-state index >= 15 is 0 Å². The van der Waals surface area contributed by atoms with Crippen molar-refractivity contribution in [3.8, 4) is 5.75 Å². The van der Waals surface area contributed by atoms with Crippen LogP contribution >= 0.6 is 11.3 Å². The molecule has 0 aliphatic rings. The van der Waals surface area contributed by atoms with Crippen molar-refractivity contribution in [1.29, 1.82) is 0 Å². The summed E-state index contributed by atoms with van der Waals surface area (Å²) in [5, 5.41) is 8.12. The Balaban J connectivity index is 1.71. The molecule has 2 aromatic heterocycles. The van der Waals surface area contributed by atoms with Gasteiger partial charge in [0.15, 0.2) is 6.61 Å². The van der Waals surface area contributed by atoms with Gasteiger partial charge in [0.1, 0.15) is 5.75 Å². The summed E-state index contributed by atoms with van der Waals surface area (Å²) in [5.74, 6) is -0.244. The maximum Gasteiger partial charge on any atom is 0.255 e. The van der Waals surface area contributed by atoms with Gasteiger partial charge in [-0.15, -0.1) is 0 Å². The first-order chi connectivity index (χ1) is 13.0. The number of nitrogens with zero attached hydrogens (tertiary/aromatic N) is 2. The van der Waals surface area contributed by atoms with Gasteiger partial charge in [0.25, 0.3) is 5.91 Å². The number of hydrogen-bond donors (Lipinski definition) is 2. The van der Waals surface area contributed by atoms with Crippen LogP contribution in [0.3, 0.4) is 0 Å². The third-order valence-corrected chi connectivity index (χ3v) is 5.89. The van der Waals surface area contributed by atoms with Crippen LogP contribution in [0.1, 0.15) is 11.6 Å². The van der Waals surface area contributed by atoms with E-state index in [1.54, 1.807) is 23.1 Å². The average molecular weight is 406 g/mol. The van der Waals surface area contributed by atoms with Gasteiger partial charge in [-0.1, -0.05) is 0 Å². The van der Waals surface area contributed by atoms with Crippen LogP contribution < -0.4 is 15.2 Å². The van der Waals surface area contributed by atoms with Crippen LogP contribution in [0.15, 0.2) is 64.4 Å². The minimum Gasteiger partial charge on any atom is -0.484 e. The van der Waals surface area contributed by atoms with Gasteiger partial charge in [0, 0.05) is 18.9 Å². The fraction of sp³-hybridized carbons (Fsp3) is 0.176. The van der Waals surface area contributed by atoms with Crippen molar-refractivity contribution >= 4 is 27.3 Å². The predicted octanol–water partition coefficient (Wildman–Crippen LogP) is 1.38. The lowest BCUT2D eigenvalue weighted by Crippen LogP contribution is -2.31. The maximum absolute atomic E-state index is 12.6. The molecule has 0 radical (unpaired) electrons. The molecule has 3 aromatic rings. The molecule has 10 heteroatoms. The zero-order valence-electron chi connectivity index (χ0n) is 14.2. The Bertz CT molecular complexity index is 934. The summed E-state index contributed by atoms with van der Waals surface area (Å²) < 4.78 is 34.7. The predicted molar refractivity (Wildman–Crippen MR) is 101 cm³/mol. The molecule has 0 aliphatic carbocycles. The molecular formula is C17H18N4O4S2. The molecule has 8 nitrogen and oxygen atoms in total. The Labute approximate surface area is 160 Å². The number of carbonyl (C=O) groups is 1. The van der Waals surface area contributed by atoms with Crippen molar-refractivity contribution in [1.82, 2.24) is 14.5 Å². The zero-order valence-corrected chi connectivity index (χ0v) is 15.8. The lowest BCUT2D eigenvalue weighted by atomic mass is 10.1. The maximum atomic E-state index is 12.6. The number of sulfonamides is 1. The summed E-state index contributed by atoms with van der Waals surface area (Å²) in [6.07, 6.45) is 3.44. The van der Waals surface area contributed by atoms with Crippen LogP contribution in [0.25, 0.3) is 0 Å². The number of nitrogens with two attached hydrogens (primary N) is 1. The van der Waals surface area contributed by atoms with E-state index < -0.39 is 15.9 Å². The molecule has 2 heterocycles. The van der Waals surface area contributed by atoms with E-state index in [2.05, 4.69) is 9.82 Å². The van der Waals surface area contributed by atoms with E-state index in [1.807, 2.05) is 16.8 Å². The van der Waals surface area contributed by atoms with Gasteiger partial charge < -0.3 is 10.5 Å². The summed E-state index contributed by atoms with van der Waals surface area (Å²) in [7, 11) is -3.72. The fourth-order valence-corrected chi connectivity index (χ4v) is 4.18. The molecule has 0 saturated carbocycles. The van der Waals surface area contributed by atoms with Crippen LogP contribution in [-0.4, -0.2) is 37.3 Å². The fourth-order valence-electron chi connectivity index (χ4n) is 2.44. The van der Waals surface area contributed by atoms with E-state index in [1.165, 1.54) is 35.6 Å². The van der Waals surface area contributed by atoms with Crippen molar-refractivity contribution in [2.24, 2.45) is 5.73 Å². The minimum atomic E-state index is -3.72. The number of ether oxygens (including phenoxy) is 1. The molecule has 0 bridgehead atoms. The Morgan fingerprint density at radius 3 is 2.67 bits per heavy atom. The lowest BCUT2D eigenvalue weighted by molar-refractivity contribution is -0.119. The highest BCUT2D eigenvalue weighted by atomic mass is 32.2. The lowest BCUT2D eigenvalue weighted by Gasteiger charge is -2.17. The molecular weight excluding hydrogens is 388 g/mol. The molecule has 1 aromatic carbocycles. The summed E-state index contributed by atoms with van der Waals surface area (Å²) in [6.45, 7) is -0.114. The second kappa shape index (κ2) is 8.33. The monoisotopic (exact) mass is 406 g/mol. The van der Waals surface area contributed by atoms with Crippen molar-refractivity contribution in [3.05, 3.63) is 65.1 Å². The van der Waals surface area contributed by atoms with Gasteiger partial charge in [0.05, 0.1) is 10.9 Å². The molecule has 0 fully saturated rings. The van der Waals surface area contributed by atoms with Crippen molar-refractivity contribution in [3.63, 3.8) is 0 Å². The number of benzene rings is 1. The Morgan fingerprint density at radius 2 is 2.07 bits per heavy atom. The summed E-state index contributed by atoms with van der Waals surface area (Å²) in [4.78, 5) is 10.8. The molecule has 0 aliphatic heterocycles. The van der Waals surface area contributed by atoms with Gasteiger partial charge in [-0.05, 0) is 52.7 Å². The number of thiophene rings is 1.